The van der Waals surface area contributed by atoms with Crippen LogP contribution < -0.4 is 11.1 Å². The Bertz CT molecular complexity index is 584. The summed E-state index contributed by atoms with van der Waals surface area (Å²) < 4.78 is 0. The van der Waals surface area contributed by atoms with Crippen LogP contribution >= 0.6 is 0 Å². The summed E-state index contributed by atoms with van der Waals surface area (Å²) in [5.74, 6) is -1.01. The van der Waals surface area contributed by atoms with Crippen molar-refractivity contribution in [3.05, 3.63) is 53.9 Å². The molecule has 2 aromatic rings. The van der Waals surface area contributed by atoms with Crippen molar-refractivity contribution in [3.8, 4) is 0 Å². The number of benzene rings is 1. The highest BCUT2D eigenvalue weighted by Gasteiger charge is 2.13. The Balaban J connectivity index is 2.26. The SMILES string of the molecule is CC(Nc1ccc(N)cc1C(=O)O)c1ccccn1. The fourth-order valence-electron chi connectivity index (χ4n) is 1.80. The fraction of sp³-hybridized carbons (Fsp3) is 0.143. The first-order chi connectivity index (χ1) is 9.08. The molecule has 5 heteroatoms. The zero-order valence-electron chi connectivity index (χ0n) is 10.5. The number of aromatic nitrogens is 1. The van der Waals surface area contributed by atoms with Gasteiger partial charge in [0.15, 0.2) is 0 Å². The van der Waals surface area contributed by atoms with E-state index in [2.05, 4.69) is 10.3 Å². The molecular weight excluding hydrogens is 242 g/mol. The maximum Gasteiger partial charge on any atom is 0.337 e. The first kappa shape index (κ1) is 12.9. The van der Waals surface area contributed by atoms with Crippen LogP contribution in [0.4, 0.5) is 11.4 Å². The van der Waals surface area contributed by atoms with E-state index in [9.17, 15) is 4.79 Å². The van der Waals surface area contributed by atoms with Crippen LogP contribution in [0.5, 0.6) is 0 Å². The Morgan fingerprint density at radius 1 is 1.37 bits per heavy atom. The average Bonchev–Trinajstić information content (AvgIpc) is 2.41. The number of carbonyl (C=O) groups is 1. The van der Waals surface area contributed by atoms with E-state index in [0.717, 1.165) is 5.69 Å². The lowest BCUT2D eigenvalue weighted by atomic mass is 10.1. The zero-order valence-corrected chi connectivity index (χ0v) is 10.5. The maximum atomic E-state index is 11.2. The van der Waals surface area contributed by atoms with Crippen molar-refractivity contribution < 1.29 is 9.90 Å². The Hall–Kier alpha value is -2.56. The number of nitrogens with one attached hydrogen (secondary N) is 1. The summed E-state index contributed by atoms with van der Waals surface area (Å²) in [5.41, 5.74) is 7.55. The van der Waals surface area contributed by atoms with E-state index in [1.54, 1.807) is 18.3 Å². The first-order valence-electron chi connectivity index (χ1n) is 5.88. The van der Waals surface area contributed by atoms with E-state index >= 15 is 0 Å². The molecule has 19 heavy (non-hydrogen) atoms. The van der Waals surface area contributed by atoms with Gasteiger partial charge in [-0.15, -0.1) is 0 Å². The number of pyridine rings is 1. The number of nitrogens with zero attached hydrogens (tertiary/aromatic N) is 1. The molecular formula is C14H15N3O2. The van der Waals surface area contributed by atoms with Gasteiger partial charge in [-0.05, 0) is 37.3 Å². The van der Waals surface area contributed by atoms with E-state index in [-0.39, 0.29) is 11.6 Å². The lowest BCUT2D eigenvalue weighted by Gasteiger charge is -2.16. The molecule has 1 aromatic carbocycles. The molecule has 4 N–H and O–H groups in total. The molecule has 2 rings (SSSR count). The van der Waals surface area contributed by atoms with Gasteiger partial charge in [-0.2, -0.15) is 0 Å². The van der Waals surface area contributed by atoms with Crippen LogP contribution in [0.1, 0.15) is 29.0 Å². The number of hydrogen-bond donors (Lipinski definition) is 3. The number of aromatic carboxylic acids is 1. The first-order valence-corrected chi connectivity index (χ1v) is 5.88. The molecule has 0 radical (unpaired) electrons. The number of anilines is 2. The molecule has 0 aliphatic carbocycles. The predicted octanol–water partition coefficient (Wildman–Crippen LogP) is 2.54. The van der Waals surface area contributed by atoms with Crippen molar-refractivity contribution in [1.82, 2.24) is 4.98 Å². The molecule has 1 atom stereocenters. The largest absolute Gasteiger partial charge is 0.478 e. The highest BCUT2D eigenvalue weighted by molar-refractivity contribution is 5.95. The van der Waals surface area contributed by atoms with Gasteiger partial charge in [-0.1, -0.05) is 6.07 Å². The molecule has 0 saturated heterocycles. The molecule has 0 aliphatic heterocycles. The summed E-state index contributed by atoms with van der Waals surface area (Å²) in [5, 5.41) is 12.3. The summed E-state index contributed by atoms with van der Waals surface area (Å²) >= 11 is 0. The highest BCUT2D eigenvalue weighted by Crippen LogP contribution is 2.23. The van der Waals surface area contributed by atoms with Crippen molar-refractivity contribution in [2.24, 2.45) is 0 Å². The van der Waals surface area contributed by atoms with Crippen LogP contribution in [0, 0.1) is 0 Å². The van der Waals surface area contributed by atoms with Crippen LogP contribution in [-0.4, -0.2) is 16.1 Å². The van der Waals surface area contributed by atoms with Gasteiger partial charge in [0.2, 0.25) is 0 Å². The molecule has 0 spiro atoms. The number of carboxylic acids is 1. The van der Waals surface area contributed by atoms with Crippen LogP contribution in [0.2, 0.25) is 0 Å². The molecule has 1 heterocycles. The van der Waals surface area contributed by atoms with Crippen molar-refractivity contribution in [3.63, 3.8) is 0 Å². The van der Waals surface area contributed by atoms with Crippen LogP contribution in [0.3, 0.4) is 0 Å². The third kappa shape index (κ3) is 3.01. The number of nitrogen functional groups attached to an aromatic ring is 1. The Morgan fingerprint density at radius 3 is 2.79 bits per heavy atom. The quantitative estimate of drug-likeness (QED) is 0.732. The number of hydrogen-bond acceptors (Lipinski definition) is 4. The molecule has 0 aliphatic rings. The lowest BCUT2D eigenvalue weighted by Crippen LogP contribution is -2.12. The lowest BCUT2D eigenvalue weighted by molar-refractivity contribution is 0.0698. The Kier molecular flexibility index (Phi) is 3.66. The minimum absolute atomic E-state index is 0.0945. The third-order valence-corrected chi connectivity index (χ3v) is 2.78. The molecule has 1 unspecified atom stereocenters. The molecule has 0 amide bonds. The van der Waals surface area contributed by atoms with Crippen molar-refractivity contribution >= 4 is 17.3 Å². The number of rotatable bonds is 4. The highest BCUT2D eigenvalue weighted by atomic mass is 16.4. The van der Waals surface area contributed by atoms with E-state index in [1.807, 2.05) is 25.1 Å². The summed E-state index contributed by atoms with van der Waals surface area (Å²) in [6.45, 7) is 1.92. The fourth-order valence-corrected chi connectivity index (χ4v) is 1.80. The van der Waals surface area contributed by atoms with Crippen LogP contribution in [0.15, 0.2) is 42.6 Å². The predicted molar refractivity (Wildman–Crippen MR) is 74.1 cm³/mol. The van der Waals surface area contributed by atoms with Crippen LogP contribution in [-0.2, 0) is 0 Å². The average molecular weight is 257 g/mol. The molecule has 0 bridgehead atoms. The van der Waals surface area contributed by atoms with Gasteiger partial charge in [0.1, 0.15) is 0 Å². The molecule has 0 fully saturated rings. The molecule has 1 aromatic heterocycles. The molecule has 98 valence electrons. The second-order valence-corrected chi connectivity index (χ2v) is 4.23. The number of nitrogens with two attached hydrogens (primary N) is 1. The van der Waals surface area contributed by atoms with Gasteiger partial charge < -0.3 is 16.2 Å². The second-order valence-electron chi connectivity index (χ2n) is 4.23. The topological polar surface area (TPSA) is 88.2 Å². The van der Waals surface area contributed by atoms with E-state index in [4.69, 9.17) is 10.8 Å². The smallest absolute Gasteiger partial charge is 0.337 e. The Morgan fingerprint density at radius 2 is 2.16 bits per heavy atom. The summed E-state index contributed by atoms with van der Waals surface area (Å²) in [6, 6.07) is 10.3. The maximum absolute atomic E-state index is 11.2. The monoisotopic (exact) mass is 257 g/mol. The summed E-state index contributed by atoms with van der Waals surface area (Å²) in [7, 11) is 0. The third-order valence-electron chi connectivity index (χ3n) is 2.78. The van der Waals surface area contributed by atoms with E-state index < -0.39 is 5.97 Å². The van der Waals surface area contributed by atoms with Gasteiger partial charge in [0.05, 0.1) is 17.3 Å². The van der Waals surface area contributed by atoms with Crippen molar-refractivity contribution in [1.29, 1.82) is 0 Å². The van der Waals surface area contributed by atoms with Crippen LogP contribution in [0.25, 0.3) is 0 Å². The standard InChI is InChI=1S/C14H15N3O2/c1-9(12-4-2-3-7-16-12)17-13-6-5-10(15)8-11(13)14(18)19/h2-9,17H,15H2,1H3,(H,18,19). The second kappa shape index (κ2) is 5.39. The molecule has 0 saturated carbocycles. The van der Waals surface area contributed by atoms with Crippen molar-refractivity contribution in [2.45, 2.75) is 13.0 Å². The van der Waals surface area contributed by atoms with E-state index in [1.165, 1.54) is 6.07 Å². The minimum atomic E-state index is -1.01. The van der Waals surface area contributed by atoms with Gasteiger partial charge in [-0.3, -0.25) is 4.98 Å². The van der Waals surface area contributed by atoms with Gasteiger partial charge >= 0.3 is 5.97 Å². The molecule has 5 nitrogen and oxygen atoms in total. The Labute approximate surface area is 111 Å². The van der Waals surface area contributed by atoms with Gasteiger partial charge in [0, 0.05) is 17.6 Å². The van der Waals surface area contributed by atoms with Crippen molar-refractivity contribution in [2.75, 3.05) is 11.1 Å². The minimum Gasteiger partial charge on any atom is -0.478 e. The van der Waals surface area contributed by atoms with Gasteiger partial charge in [0.25, 0.3) is 0 Å². The summed E-state index contributed by atoms with van der Waals surface area (Å²) in [4.78, 5) is 15.4. The zero-order chi connectivity index (χ0) is 13.8. The van der Waals surface area contributed by atoms with E-state index in [0.29, 0.717) is 11.4 Å². The number of carboxylic acid groups (broad SMARTS) is 1. The summed E-state index contributed by atoms with van der Waals surface area (Å²) in [6.07, 6.45) is 1.70. The normalized spacial score (nSPS) is 11.8. The van der Waals surface area contributed by atoms with Gasteiger partial charge in [-0.25, -0.2) is 4.79 Å².